The predicted octanol–water partition coefficient (Wildman–Crippen LogP) is 2.11. The van der Waals surface area contributed by atoms with E-state index in [1.54, 1.807) is 0 Å². The summed E-state index contributed by atoms with van der Waals surface area (Å²) < 4.78 is 6.71. The van der Waals surface area contributed by atoms with Crippen LogP contribution in [0.1, 0.15) is 17.5 Å². The van der Waals surface area contributed by atoms with Crippen LogP contribution in [0.3, 0.4) is 0 Å². The number of amides is 1. The van der Waals surface area contributed by atoms with E-state index in [1.807, 2.05) is 19.9 Å². The van der Waals surface area contributed by atoms with Crippen LogP contribution in [0, 0.1) is 13.8 Å². The number of ether oxygens (including phenoxy) is 1. The summed E-state index contributed by atoms with van der Waals surface area (Å²) in [5, 5.41) is 2.90. The Morgan fingerprint density at radius 3 is 2.88 bits per heavy atom. The molecule has 1 aliphatic rings. The minimum atomic E-state index is -0.480. The summed E-state index contributed by atoms with van der Waals surface area (Å²) in [6.07, 6.45) is 0.0478. The first-order chi connectivity index (χ1) is 8.04. The van der Waals surface area contributed by atoms with Gasteiger partial charge >= 0.3 is 0 Å². The summed E-state index contributed by atoms with van der Waals surface area (Å²) in [5.41, 5.74) is 8.20. The Kier molecular flexibility index (Phi) is 3.40. The maximum Gasteiger partial charge on any atom is 0.265 e. The zero-order chi connectivity index (χ0) is 12.6. The fourth-order valence-electron chi connectivity index (χ4n) is 1.89. The number of benzene rings is 1. The van der Waals surface area contributed by atoms with Gasteiger partial charge in [0.15, 0.2) is 6.10 Å². The van der Waals surface area contributed by atoms with Crippen LogP contribution in [-0.2, 0) is 4.79 Å². The highest BCUT2D eigenvalue weighted by Crippen LogP contribution is 2.39. The third-order valence-electron chi connectivity index (χ3n) is 2.89. The molecule has 0 aromatic heterocycles. The zero-order valence-corrected chi connectivity index (χ0v) is 11.4. The van der Waals surface area contributed by atoms with Gasteiger partial charge in [-0.05, 0) is 37.6 Å². The molecule has 5 heteroatoms. The van der Waals surface area contributed by atoms with E-state index in [4.69, 9.17) is 10.5 Å². The summed E-state index contributed by atoms with van der Waals surface area (Å²) in [4.78, 5) is 11.8. The van der Waals surface area contributed by atoms with Gasteiger partial charge in [-0.1, -0.05) is 15.9 Å². The number of aryl methyl sites for hydroxylation is 1. The van der Waals surface area contributed by atoms with Crippen LogP contribution in [-0.4, -0.2) is 18.6 Å². The third kappa shape index (κ3) is 2.17. The van der Waals surface area contributed by atoms with Crippen LogP contribution in [0.25, 0.3) is 0 Å². The Bertz CT molecular complexity index is 474. The molecular weight excluding hydrogens is 284 g/mol. The van der Waals surface area contributed by atoms with Crippen molar-refractivity contribution in [3.05, 3.63) is 21.7 Å². The van der Waals surface area contributed by atoms with E-state index in [0.29, 0.717) is 13.0 Å². The topological polar surface area (TPSA) is 64.3 Å². The SMILES string of the molecule is Cc1cc(Br)c(C)c2c1OC(CCN)C(=O)N2. The van der Waals surface area contributed by atoms with Crippen molar-refractivity contribution in [1.82, 2.24) is 0 Å². The van der Waals surface area contributed by atoms with Gasteiger partial charge in [0.1, 0.15) is 5.75 Å². The van der Waals surface area contributed by atoms with Crippen LogP contribution in [0.15, 0.2) is 10.5 Å². The average molecular weight is 299 g/mol. The quantitative estimate of drug-likeness (QED) is 0.879. The molecule has 0 saturated heterocycles. The Morgan fingerprint density at radius 1 is 1.53 bits per heavy atom. The van der Waals surface area contributed by atoms with Gasteiger partial charge in [-0.2, -0.15) is 0 Å². The summed E-state index contributed by atoms with van der Waals surface area (Å²) in [6, 6.07) is 1.99. The van der Waals surface area contributed by atoms with Gasteiger partial charge in [-0.15, -0.1) is 0 Å². The highest BCUT2D eigenvalue weighted by Gasteiger charge is 2.29. The lowest BCUT2D eigenvalue weighted by molar-refractivity contribution is -0.123. The second kappa shape index (κ2) is 4.66. The predicted molar refractivity (Wildman–Crippen MR) is 70.3 cm³/mol. The van der Waals surface area contributed by atoms with Crippen molar-refractivity contribution < 1.29 is 9.53 Å². The number of hydrogen-bond acceptors (Lipinski definition) is 3. The number of rotatable bonds is 2. The molecule has 1 atom stereocenters. The Labute approximate surface area is 109 Å². The van der Waals surface area contributed by atoms with Gasteiger partial charge < -0.3 is 15.8 Å². The van der Waals surface area contributed by atoms with E-state index in [1.165, 1.54) is 0 Å². The normalized spacial score (nSPS) is 18.4. The number of nitrogens with one attached hydrogen (secondary N) is 1. The van der Waals surface area contributed by atoms with Crippen LogP contribution in [0.5, 0.6) is 5.75 Å². The van der Waals surface area contributed by atoms with Gasteiger partial charge in [-0.25, -0.2) is 0 Å². The second-order valence-corrected chi connectivity index (χ2v) is 5.03. The van der Waals surface area contributed by atoms with Gasteiger partial charge in [-0.3, -0.25) is 4.79 Å². The van der Waals surface area contributed by atoms with Crippen molar-refractivity contribution in [1.29, 1.82) is 0 Å². The number of anilines is 1. The fourth-order valence-corrected chi connectivity index (χ4v) is 2.44. The molecule has 2 rings (SSSR count). The Balaban J connectivity index is 2.44. The first kappa shape index (κ1) is 12.4. The molecule has 1 unspecified atom stereocenters. The molecule has 0 spiro atoms. The first-order valence-corrected chi connectivity index (χ1v) is 6.31. The maximum absolute atomic E-state index is 11.8. The molecule has 0 saturated carbocycles. The highest BCUT2D eigenvalue weighted by atomic mass is 79.9. The third-order valence-corrected chi connectivity index (χ3v) is 3.71. The molecule has 1 amide bonds. The average Bonchev–Trinajstić information content (AvgIpc) is 2.28. The van der Waals surface area contributed by atoms with E-state index in [2.05, 4.69) is 21.2 Å². The van der Waals surface area contributed by atoms with Crippen LogP contribution < -0.4 is 15.8 Å². The number of nitrogens with two attached hydrogens (primary N) is 1. The smallest absolute Gasteiger partial charge is 0.265 e. The van der Waals surface area contributed by atoms with Crippen molar-refractivity contribution >= 4 is 27.5 Å². The maximum atomic E-state index is 11.8. The largest absolute Gasteiger partial charge is 0.478 e. The number of hydrogen-bond donors (Lipinski definition) is 2. The van der Waals surface area contributed by atoms with Crippen molar-refractivity contribution in [2.24, 2.45) is 5.73 Å². The van der Waals surface area contributed by atoms with E-state index < -0.39 is 6.10 Å². The highest BCUT2D eigenvalue weighted by molar-refractivity contribution is 9.10. The minimum Gasteiger partial charge on any atom is -0.478 e. The second-order valence-electron chi connectivity index (χ2n) is 4.18. The lowest BCUT2D eigenvalue weighted by Crippen LogP contribution is -2.39. The van der Waals surface area contributed by atoms with E-state index >= 15 is 0 Å². The van der Waals surface area contributed by atoms with Gasteiger partial charge in [0.2, 0.25) is 0 Å². The molecule has 3 N–H and O–H groups in total. The Morgan fingerprint density at radius 2 is 2.24 bits per heavy atom. The molecule has 1 aromatic carbocycles. The summed E-state index contributed by atoms with van der Waals surface area (Å²) in [6.45, 7) is 4.33. The van der Waals surface area contributed by atoms with Gasteiger partial charge in [0.25, 0.3) is 5.91 Å². The number of halogens is 1. The van der Waals surface area contributed by atoms with Crippen LogP contribution >= 0.6 is 15.9 Å². The monoisotopic (exact) mass is 298 g/mol. The minimum absolute atomic E-state index is 0.122. The van der Waals surface area contributed by atoms with Gasteiger partial charge in [0, 0.05) is 10.9 Å². The summed E-state index contributed by atoms with van der Waals surface area (Å²) in [7, 11) is 0. The Hall–Kier alpha value is -1.07. The first-order valence-electron chi connectivity index (χ1n) is 5.52. The molecule has 0 radical (unpaired) electrons. The zero-order valence-electron chi connectivity index (χ0n) is 9.84. The molecule has 17 heavy (non-hydrogen) atoms. The molecule has 4 nitrogen and oxygen atoms in total. The van der Waals surface area contributed by atoms with E-state index in [-0.39, 0.29) is 5.91 Å². The van der Waals surface area contributed by atoms with Crippen LogP contribution in [0.4, 0.5) is 5.69 Å². The molecule has 0 bridgehead atoms. The van der Waals surface area contributed by atoms with Crippen molar-refractivity contribution in [3.8, 4) is 5.75 Å². The molecule has 92 valence electrons. The van der Waals surface area contributed by atoms with E-state index in [9.17, 15) is 4.79 Å². The number of carbonyl (C=O) groups is 1. The van der Waals surface area contributed by atoms with Gasteiger partial charge in [0.05, 0.1) is 5.69 Å². The molecule has 0 fully saturated rings. The molecule has 1 heterocycles. The van der Waals surface area contributed by atoms with Crippen molar-refractivity contribution in [2.75, 3.05) is 11.9 Å². The molecule has 1 aliphatic heterocycles. The summed E-state index contributed by atoms with van der Waals surface area (Å²) in [5.74, 6) is 0.632. The fraction of sp³-hybridized carbons (Fsp3) is 0.417. The lowest BCUT2D eigenvalue weighted by Gasteiger charge is -2.28. The molecule has 0 aliphatic carbocycles. The number of carbonyl (C=O) groups excluding carboxylic acids is 1. The molecular formula is C12H15BrN2O2. The lowest BCUT2D eigenvalue weighted by atomic mass is 10.1. The summed E-state index contributed by atoms with van der Waals surface area (Å²) >= 11 is 3.46. The molecule has 1 aromatic rings. The number of fused-ring (bicyclic) bond motifs is 1. The standard InChI is InChI=1S/C12H15BrN2O2/c1-6-5-8(13)7(2)10-11(6)17-9(3-4-14)12(16)15-10/h5,9H,3-4,14H2,1-2H3,(H,15,16). The van der Waals surface area contributed by atoms with E-state index in [0.717, 1.165) is 27.0 Å². The van der Waals surface area contributed by atoms with Crippen LogP contribution in [0.2, 0.25) is 0 Å². The van der Waals surface area contributed by atoms with Crippen molar-refractivity contribution in [2.45, 2.75) is 26.4 Å². The van der Waals surface area contributed by atoms with Crippen molar-refractivity contribution in [3.63, 3.8) is 0 Å².